The Hall–Kier alpha value is -2.41. The number of imide groups is 1. The number of anilines is 1. The van der Waals surface area contributed by atoms with Crippen molar-refractivity contribution in [3.05, 3.63) is 29.8 Å². The van der Waals surface area contributed by atoms with Crippen LogP contribution in [-0.4, -0.2) is 48.8 Å². The van der Waals surface area contributed by atoms with Crippen LogP contribution in [0, 0.1) is 0 Å². The summed E-state index contributed by atoms with van der Waals surface area (Å²) in [5.74, 6) is -2.43. The number of amides is 3. The van der Waals surface area contributed by atoms with Gasteiger partial charge in [-0.25, -0.2) is 0 Å². The van der Waals surface area contributed by atoms with Gasteiger partial charge in [0.1, 0.15) is 0 Å². The molecule has 0 fully saturated rings. The van der Waals surface area contributed by atoms with Gasteiger partial charge in [0.05, 0.1) is 0 Å². The van der Waals surface area contributed by atoms with Gasteiger partial charge in [-0.3, -0.25) is 19.7 Å². The first-order valence-corrected chi connectivity index (χ1v) is 7.19. The van der Waals surface area contributed by atoms with Gasteiger partial charge in [0.25, 0.3) is 5.91 Å². The Kier molecular flexibility index (Phi) is 7.04. The van der Waals surface area contributed by atoms with E-state index in [9.17, 15) is 14.4 Å². The minimum atomic E-state index is -0.971. The summed E-state index contributed by atoms with van der Waals surface area (Å²) in [5, 5.41) is 4.52. The summed E-state index contributed by atoms with van der Waals surface area (Å²) < 4.78 is 0. The van der Waals surface area contributed by atoms with Crippen LogP contribution in [0.3, 0.4) is 0 Å². The molecule has 0 heterocycles. The quantitative estimate of drug-likeness (QED) is 0.506. The van der Waals surface area contributed by atoms with E-state index in [0.717, 1.165) is 13.1 Å². The number of nitrogen functional groups attached to an aromatic ring is 1. The van der Waals surface area contributed by atoms with Gasteiger partial charge in [-0.2, -0.15) is 0 Å². The monoisotopic (exact) mass is 306 g/mol. The molecular formula is C15H22N4O3. The molecule has 0 spiro atoms. The number of nitrogens with zero attached hydrogens (tertiary/aromatic N) is 1. The molecule has 0 atom stereocenters. The summed E-state index contributed by atoms with van der Waals surface area (Å²) in [6, 6.07) is 6.06. The highest BCUT2D eigenvalue weighted by Crippen LogP contribution is 2.04. The molecule has 22 heavy (non-hydrogen) atoms. The smallest absolute Gasteiger partial charge is 0.316 e. The van der Waals surface area contributed by atoms with E-state index in [0.29, 0.717) is 18.8 Å². The normalized spacial score (nSPS) is 10.3. The molecule has 120 valence electrons. The average Bonchev–Trinajstić information content (AvgIpc) is 2.51. The van der Waals surface area contributed by atoms with Crippen LogP contribution in [0.25, 0.3) is 0 Å². The third-order valence-corrected chi connectivity index (χ3v) is 3.21. The van der Waals surface area contributed by atoms with Gasteiger partial charge in [0.15, 0.2) is 0 Å². The largest absolute Gasteiger partial charge is 0.399 e. The molecule has 7 heteroatoms. The van der Waals surface area contributed by atoms with Crippen molar-refractivity contribution < 1.29 is 14.4 Å². The Balaban J connectivity index is 2.42. The standard InChI is InChI=1S/C15H22N4O3/c1-3-19(4-2)10-9-17-14(21)15(22)18-13(20)11-5-7-12(16)8-6-11/h5-8H,3-4,9-10,16H2,1-2H3,(H,17,21)(H,18,20,22). The van der Waals surface area contributed by atoms with Gasteiger partial charge in [-0.15, -0.1) is 0 Å². The zero-order valence-electron chi connectivity index (χ0n) is 12.9. The molecule has 4 N–H and O–H groups in total. The molecule has 1 aromatic rings. The Morgan fingerprint density at radius 2 is 1.64 bits per heavy atom. The molecule has 0 saturated heterocycles. The molecule has 0 unspecified atom stereocenters. The lowest BCUT2D eigenvalue weighted by Gasteiger charge is -2.17. The highest BCUT2D eigenvalue weighted by molar-refractivity contribution is 6.38. The van der Waals surface area contributed by atoms with E-state index in [1.807, 2.05) is 19.2 Å². The second kappa shape index (κ2) is 8.78. The van der Waals surface area contributed by atoms with Crippen molar-refractivity contribution in [3.63, 3.8) is 0 Å². The van der Waals surface area contributed by atoms with Crippen molar-refractivity contribution in [1.82, 2.24) is 15.5 Å². The first-order valence-electron chi connectivity index (χ1n) is 7.19. The predicted molar refractivity (Wildman–Crippen MR) is 84.1 cm³/mol. The summed E-state index contributed by atoms with van der Waals surface area (Å²) in [6.45, 7) is 6.77. The number of nitrogens with one attached hydrogen (secondary N) is 2. The van der Waals surface area contributed by atoms with Crippen molar-refractivity contribution in [2.75, 3.05) is 31.9 Å². The second-order valence-electron chi connectivity index (χ2n) is 4.69. The molecule has 0 bridgehead atoms. The van der Waals surface area contributed by atoms with Gasteiger partial charge in [0.2, 0.25) is 0 Å². The fourth-order valence-corrected chi connectivity index (χ4v) is 1.81. The van der Waals surface area contributed by atoms with Gasteiger partial charge < -0.3 is 16.0 Å². The summed E-state index contributed by atoms with van der Waals surface area (Å²) >= 11 is 0. The molecular weight excluding hydrogens is 284 g/mol. The lowest BCUT2D eigenvalue weighted by atomic mass is 10.2. The van der Waals surface area contributed by atoms with E-state index >= 15 is 0 Å². The van der Waals surface area contributed by atoms with Crippen molar-refractivity contribution in [2.45, 2.75) is 13.8 Å². The number of likely N-dealkylation sites (N-methyl/N-ethyl adjacent to an activating group) is 1. The molecule has 1 rings (SSSR count). The SMILES string of the molecule is CCN(CC)CCNC(=O)C(=O)NC(=O)c1ccc(N)cc1. The Morgan fingerprint density at radius 3 is 2.18 bits per heavy atom. The number of carbonyl (C=O) groups is 3. The average molecular weight is 306 g/mol. The summed E-state index contributed by atoms with van der Waals surface area (Å²) in [6.07, 6.45) is 0. The second-order valence-corrected chi connectivity index (χ2v) is 4.69. The number of rotatable bonds is 6. The number of hydrogen-bond donors (Lipinski definition) is 3. The van der Waals surface area contributed by atoms with E-state index in [4.69, 9.17) is 5.73 Å². The highest BCUT2D eigenvalue weighted by atomic mass is 16.2. The lowest BCUT2D eigenvalue weighted by Crippen LogP contribution is -2.44. The van der Waals surface area contributed by atoms with E-state index < -0.39 is 17.7 Å². The molecule has 0 radical (unpaired) electrons. The number of carbonyl (C=O) groups excluding carboxylic acids is 3. The lowest BCUT2D eigenvalue weighted by molar-refractivity contribution is -0.138. The van der Waals surface area contributed by atoms with Crippen molar-refractivity contribution in [3.8, 4) is 0 Å². The van der Waals surface area contributed by atoms with Gasteiger partial charge in [-0.1, -0.05) is 13.8 Å². The van der Waals surface area contributed by atoms with Crippen LogP contribution in [0.1, 0.15) is 24.2 Å². The number of nitrogens with two attached hydrogens (primary N) is 1. The van der Waals surface area contributed by atoms with Crippen molar-refractivity contribution in [2.24, 2.45) is 0 Å². The summed E-state index contributed by atoms with van der Waals surface area (Å²) in [4.78, 5) is 37.1. The molecule has 7 nitrogen and oxygen atoms in total. The van der Waals surface area contributed by atoms with Crippen molar-refractivity contribution in [1.29, 1.82) is 0 Å². The van der Waals surface area contributed by atoms with Crippen LogP contribution in [0.2, 0.25) is 0 Å². The van der Waals surface area contributed by atoms with Crippen molar-refractivity contribution >= 4 is 23.4 Å². The minimum absolute atomic E-state index is 0.262. The summed E-state index contributed by atoms with van der Waals surface area (Å²) in [5.41, 5.74) is 6.29. The van der Waals surface area contributed by atoms with Crippen LogP contribution in [0.4, 0.5) is 5.69 Å². The molecule has 1 aromatic carbocycles. The minimum Gasteiger partial charge on any atom is -0.399 e. The fraction of sp³-hybridized carbons (Fsp3) is 0.400. The van der Waals surface area contributed by atoms with E-state index in [2.05, 4.69) is 10.2 Å². The molecule has 0 aliphatic heterocycles. The Bertz CT molecular complexity index is 524. The predicted octanol–water partition coefficient (Wildman–Crippen LogP) is -0.0168. The zero-order valence-corrected chi connectivity index (χ0v) is 12.9. The Morgan fingerprint density at radius 1 is 1.05 bits per heavy atom. The van der Waals surface area contributed by atoms with E-state index in [-0.39, 0.29) is 5.56 Å². The first kappa shape index (κ1) is 17.6. The zero-order chi connectivity index (χ0) is 16.5. The maximum absolute atomic E-state index is 11.8. The number of hydrogen-bond acceptors (Lipinski definition) is 5. The van der Waals surface area contributed by atoms with Gasteiger partial charge >= 0.3 is 11.8 Å². The van der Waals surface area contributed by atoms with Crippen LogP contribution >= 0.6 is 0 Å². The highest BCUT2D eigenvalue weighted by Gasteiger charge is 2.17. The van der Waals surface area contributed by atoms with E-state index in [1.165, 1.54) is 12.1 Å². The maximum atomic E-state index is 11.8. The number of benzene rings is 1. The fourth-order valence-electron chi connectivity index (χ4n) is 1.81. The van der Waals surface area contributed by atoms with Gasteiger partial charge in [-0.05, 0) is 37.4 Å². The Labute approximate surface area is 129 Å². The molecule has 0 saturated carbocycles. The third kappa shape index (κ3) is 5.53. The molecule has 0 aliphatic carbocycles. The molecule has 0 aromatic heterocycles. The van der Waals surface area contributed by atoms with Crippen LogP contribution in [-0.2, 0) is 9.59 Å². The first-order chi connectivity index (χ1) is 10.5. The topological polar surface area (TPSA) is 105 Å². The molecule has 3 amide bonds. The van der Waals surface area contributed by atoms with Crippen LogP contribution in [0.15, 0.2) is 24.3 Å². The van der Waals surface area contributed by atoms with Crippen LogP contribution < -0.4 is 16.4 Å². The summed E-state index contributed by atoms with van der Waals surface area (Å²) in [7, 11) is 0. The maximum Gasteiger partial charge on any atom is 0.316 e. The third-order valence-electron chi connectivity index (χ3n) is 3.21. The van der Waals surface area contributed by atoms with Crippen LogP contribution in [0.5, 0.6) is 0 Å². The van der Waals surface area contributed by atoms with E-state index in [1.54, 1.807) is 12.1 Å². The molecule has 0 aliphatic rings. The van der Waals surface area contributed by atoms with Gasteiger partial charge in [0, 0.05) is 24.3 Å².